The van der Waals surface area contributed by atoms with E-state index in [1.165, 1.54) is 22.4 Å². The molecule has 24 heavy (non-hydrogen) atoms. The van der Waals surface area contributed by atoms with Gasteiger partial charge >= 0.3 is 0 Å². The number of allylic oxidation sites excluding steroid dienone is 4. The fraction of sp³-hybridized carbons (Fsp3) is 0.333. The summed E-state index contributed by atoms with van der Waals surface area (Å²) in [6, 6.07) is 3.96. The topological polar surface area (TPSA) is 50.9 Å². The minimum atomic E-state index is 0.0888. The first-order valence-corrected chi connectivity index (χ1v) is 9.33. The molecular weight excluding hydrogens is 342 g/mol. The van der Waals surface area contributed by atoms with Crippen LogP contribution in [0.4, 0.5) is 0 Å². The maximum absolute atomic E-state index is 10.7. The van der Waals surface area contributed by atoms with E-state index in [1.807, 2.05) is 55.2 Å². The van der Waals surface area contributed by atoms with Crippen molar-refractivity contribution in [2.45, 2.75) is 42.2 Å². The molecule has 2 heterocycles. The predicted octanol–water partition coefficient (Wildman–Crippen LogP) is 4.70. The van der Waals surface area contributed by atoms with Crippen LogP contribution in [-0.2, 0) is 0 Å². The molecule has 1 fully saturated rings. The van der Waals surface area contributed by atoms with Gasteiger partial charge in [0.2, 0.25) is 5.88 Å². The van der Waals surface area contributed by atoms with E-state index in [0.717, 1.165) is 28.0 Å². The molecule has 2 aromatic rings. The highest BCUT2D eigenvalue weighted by molar-refractivity contribution is 8.00. The van der Waals surface area contributed by atoms with Crippen LogP contribution in [0.15, 0.2) is 46.5 Å². The van der Waals surface area contributed by atoms with Gasteiger partial charge in [-0.2, -0.15) is 9.78 Å². The van der Waals surface area contributed by atoms with E-state index in [9.17, 15) is 5.11 Å². The highest BCUT2D eigenvalue weighted by atomic mass is 35.5. The lowest BCUT2D eigenvalue weighted by Crippen LogP contribution is -2.00. The van der Waals surface area contributed by atoms with Crippen molar-refractivity contribution in [3.8, 4) is 11.7 Å². The molecule has 4 rings (SSSR count). The zero-order valence-corrected chi connectivity index (χ0v) is 14.9. The van der Waals surface area contributed by atoms with Crippen molar-refractivity contribution < 1.29 is 5.11 Å². The van der Waals surface area contributed by atoms with Gasteiger partial charge in [0.15, 0.2) is 5.82 Å². The Morgan fingerprint density at radius 3 is 2.79 bits per heavy atom. The van der Waals surface area contributed by atoms with E-state index in [0.29, 0.717) is 5.82 Å². The molecule has 124 valence electrons. The average Bonchev–Trinajstić information content (AvgIpc) is 3.34. The number of nitrogens with zero attached hydrogens (tertiary/aromatic N) is 3. The molecule has 0 aliphatic heterocycles. The third-order valence-electron chi connectivity index (χ3n) is 4.27. The van der Waals surface area contributed by atoms with Gasteiger partial charge in [-0.15, -0.1) is 11.8 Å². The number of hydrogen-bond donors (Lipinski definition) is 1. The molecule has 0 amide bonds. The maximum atomic E-state index is 10.7. The van der Waals surface area contributed by atoms with Gasteiger partial charge in [0.25, 0.3) is 0 Å². The summed E-state index contributed by atoms with van der Waals surface area (Å²) in [7, 11) is 0. The summed E-state index contributed by atoms with van der Waals surface area (Å²) in [4.78, 5) is 5.64. The molecule has 0 aromatic carbocycles. The van der Waals surface area contributed by atoms with Gasteiger partial charge in [-0.25, -0.2) is 4.98 Å². The van der Waals surface area contributed by atoms with Crippen molar-refractivity contribution in [2.75, 3.05) is 0 Å². The number of thioether (sulfide) groups is 1. The quantitative estimate of drug-likeness (QED) is 0.859. The number of rotatable bonds is 4. The Kier molecular flexibility index (Phi) is 4.14. The molecule has 6 heteroatoms. The van der Waals surface area contributed by atoms with E-state index >= 15 is 0 Å². The number of halogens is 1. The number of aromatic nitrogens is 3. The second-order valence-corrected chi connectivity index (χ2v) is 8.00. The van der Waals surface area contributed by atoms with Crippen LogP contribution in [0.3, 0.4) is 0 Å². The van der Waals surface area contributed by atoms with Crippen molar-refractivity contribution in [2.24, 2.45) is 0 Å². The first-order chi connectivity index (χ1) is 11.6. The van der Waals surface area contributed by atoms with Crippen LogP contribution in [-0.4, -0.2) is 25.1 Å². The van der Waals surface area contributed by atoms with Crippen molar-refractivity contribution >= 4 is 23.4 Å². The standard InChI is InChI=1S/C18H18ClN3OS/c1-11-17(12-2-4-13(19)5-3-12)18(23)22(21-11)16-9-8-15(10-20-16)24-14-6-7-14/h2,4-5,8-10,12,14,23H,3,6-7H2,1H3. The fourth-order valence-electron chi connectivity index (χ4n) is 2.88. The summed E-state index contributed by atoms with van der Waals surface area (Å²) in [5.74, 6) is 0.880. The van der Waals surface area contributed by atoms with E-state index in [4.69, 9.17) is 11.6 Å². The first-order valence-electron chi connectivity index (χ1n) is 8.07. The number of pyridine rings is 1. The minimum absolute atomic E-state index is 0.0888. The molecule has 0 spiro atoms. The van der Waals surface area contributed by atoms with Crippen LogP contribution in [0.1, 0.15) is 36.4 Å². The molecule has 0 bridgehead atoms. The van der Waals surface area contributed by atoms with Gasteiger partial charge < -0.3 is 5.11 Å². The number of aryl methyl sites for hydroxylation is 1. The smallest absolute Gasteiger partial charge is 0.219 e. The summed E-state index contributed by atoms with van der Waals surface area (Å²) in [6.45, 7) is 1.91. The Labute approximate surface area is 150 Å². The van der Waals surface area contributed by atoms with E-state index in [1.54, 1.807) is 0 Å². The Bertz CT molecular complexity index is 822. The lowest BCUT2D eigenvalue weighted by atomic mass is 9.92. The van der Waals surface area contributed by atoms with Gasteiger partial charge in [-0.05, 0) is 44.4 Å². The zero-order valence-electron chi connectivity index (χ0n) is 13.3. The highest BCUT2D eigenvalue weighted by Crippen LogP contribution is 2.39. The van der Waals surface area contributed by atoms with Crippen LogP contribution in [0, 0.1) is 6.92 Å². The first kappa shape index (κ1) is 15.8. The van der Waals surface area contributed by atoms with Crippen molar-refractivity contribution in [1.29, 1.82) is 0 Å². The Balaban J connectivity index is 1.62. The molecule has 1 unspecified atom stereocenters. The van der Waals surface area contributed by atoms with Gasteiger partial charge in [0.1, 0.15) is 0 Å². The second kappa shape index (κ2) is 6.30. The summed E-state index contributed by atoms with van der Waals surface area (Å²) in [5.41, 5.74) is 1.65. The van der Waals surface area contributed by atoms with E-state index in [2.05, 4.69) is 10.1 Å². The Morgan fingerprint density at radius 1 is 1.33 bits per heavy atom. The molecule has 1 N–H and O–H groups in total. The van der Waals surface area contributed by atoms with Gasteiger partial charge in [0.05, 0.1) is 5.69 Å². The maximum Gasteiger partial charge on any atom is 0.219 e. The monoisotopic (exact) mass is 359 g/mol. The molecule has 1 saturated carbocycles. The van der Waals surface area contributed by atoms with Crippen molar-refractivity contribution in [3.63, 3.8) is 0 Å². The second-order valence-electron chi connectivity index (χ2n) is 6.19. The summed E-state index contributed by atoms with van der Waals surface area (Å²) >= 11 is 7.85. The number of aromatic hydroxyl groups is 1. The van der Waals surface area contributed by atoms with Crippen molar-refractivity contribution in [1.82, 2.24) is 14.8 Å². The minimum Gasteiger partial charge on any atom is -0.493 e. The zero-order chi connectivity index (χ0) is 16.7. The van der Waals surface area contributed by atoms with Crippen molar-refractivity contribution in [3.05, 3.63) is 52.8 Å². The molecule has 2 aliphatic carbocycles. The largest absolute Gasteiger partial charge is 0.493 e. The number of hydrogen-bond acceptors (Lipinski definition) is 4. The third-order valence-corrected chi connectivity index (χ3v) is 5.87. The molecule has 2 aromatic heterocycles. The van der Waals surface area contributed by atoms with Crippen LogP contribution in [0.25, 0.3) is 5.82 Å². The molecule has 0 radical (unpaired) electrons. The average molecular weight is 360 g/mol. The lowest BCUT2D eigenvalue weighted by molar-refractivity contribution is 0.424. The van der Waals surface area contributed by atoms with Crippen LogP contribution in [0.5, 0.6) is 5.88 Å². The Morgan fingerprint density at radius 2 is 2.17 bits per heavy atom. The summed E-state index contributed by atoms with van der Waals surface area (Å²) in [6.07, 6.45) is 11.1. The third kappa shape index (κ3) is 3.10. The van der Waals surface area contributed by atoms with E-state index in [-0.39, 0.29) is 11.8 Å². The van der Waals surface area contributed by atoms with Gasteiger partial charge in [0, 0.05) is 32.9 Å². The molecule has 0 saturated heterocycles. The highest BCUT2D eigenvalue weighted by Gasteiger charge is 2.24. The fourth-order valence-corrected chi connectivity index (χ4v) is 4.05. The van der Waals surface area contributed by atoms with E-state index < -0.39 is 0 Å². The van der Waals surface area contributed by atoms with Crippen LogP contribution in [0.2, 0.25) is 0 Å². The summed E-state index contributed by atoms with van der Waals surface area (Å²) < 4.78 is 1.52. The van der Waals surface area contributed by atoms with Crippen LogP contribution >= 0.6 is 23.4 Å². The Hall–Kier alpha value is -1.72. The molecule has 1 atom stereocenters. The van der Waals surface area contributed by atoms with Gasteiger partial charge in [-0.3, -0.25) is 0 Å². The van der Waals surface area contributed by atoms with Gasteiger partial charge in [-0.1, -0.05) is 23.8 Å². The normalized spacial score (nSPS) is 20.2. The predicted molar refractivity (Wildman–Crippen MR) is 97.1 cm³/mol. The molecule has 2 aliphatic rings. The molecule has 4 nitrogen and oxygen atoms in total. The SMILES string of the molecule is Cc1nn(-c2ccc(SC3CC3)cn2)c(O)c1C1C=CC(Cl)=CC1. The summed E-state index contributed by atoms with van der Waals surface area (Å²) in [5, 5.41) is 16.7. The molecular formula is C18H18ClN3OS. The lowest BCUT2D eigenvalue weighted by Gasteiger charge is -2.14. The van der Waals surface area contributed by atoms with Crippen LogP contribution < -0.4 is 0 Å².